The number of esters is 1. The minimum absolute atomic E-state index is 0.140. The molecule has 11 nitrogen and oxygen atoms in total. The number of carbonyl (C=O) groups is 2. The smallest absolute Gasteiger partial charge is 0.330 e. The maximum Gasteiger partial charge on any atom is 0.330 e. The highest BCUT2D eigenvalue weighted by Gasteiger charge is 2.40. The Balaban J connectivity index is 1.25. The fourth-order valence-electron chi connectivity index (χ4n) is 7.33. The van der Waals surface area contributed by atoms with Crippen molar-refractivity contribution in [2.24, 2.45) is 5.73 Å². The largest absolute Gasteiger partial charge is 0.487 e. The van der Waals surface area contributed by atoms with Crippen LogP contribution in [0.1, 0.15) is 86.4 Å². The van der Waals surface area contributed by atoms with Crippen LogP contribution in [0.4, 0.5) is 0 Å². The van der Waals surface area contributed by atoms with E-state index in [2.05, 4.69) is 51.8 Å². The zero-order chi connectivity index (χ0) is 42.5. The van der Waals surface area contributed by atoms with Crippen LogP contribution >= 0.6 is 11.8 Å². The van der Waals surface area contributed by atoms with Gasteiger partial charge in [0.25, 0.3) is 10.0 Å². The van der Waals surface area contributed by atoms with Gasteiger partial charge >= 0.3 is 5.97 Å². The molecule has 1 aliphatic heterocycles. The van der Waals surface area contributed by atoms with Gasteiger partial charge in [0.05, 0.1) is 15.7 Å². The molecule has 58 heavy (non-hydrogen) atoms. The van der Waals surface area contributed by atoms with Crippen LogP contribution in [-0.4, -0.2) is 61.8 Å². The van der Waals surface area contributed by atoms with E-state index in [4.69, 9.17) is 20.6 Å². The molecule has 0 unspecified atom stereocenters. The van der Waals surface area contributed by atoms with Crippen molar-refractivity contribution in [1.29, 1.82) is 5.41 Å². The molecule has 0 saturated heterocycles. The van der Waals surface area contributed by atoms with Crippen LogP contribution in [-0.2, 0) is 35.5 Å². The summed E-state index contributed by atoms with van der Waals surface area (Å²) in [6.45, 7) is 14.8. The molecule has 6 N–H and O–H groups in total. The Bertz CT molecular complexity index is 2110. The maximum absolute atomic E-state index is 13.8. The predicted octanol–water partition coefficient (Wildman–Crippen LogP) is 6.79. The third kappa shape index (κ3) is 10.2. The third-order valence-corrected chi connectivity index (χ3v) is 13.4. The van der Waals surface area contributed by atoms with Crippen molar-refractivity contribution in [1.82, 2.24) is 15.4 Å². The lowest BCUT2D eigenvalue weighted by Crippen LogP contribution is -2.51. The second-order valence-electron chi connectivity index (χ2n) is 16.4. The molecule has 13 heteroatoms. The molecule has 0 aromatic heterocycles. The van der Waals surface area contributed by atoms with Crippen molar-refractivity contribution < 1.29 is 27.5 Å². The van der Waals surface area contributed by atoms with E-state index in [1.807, 2.05) is 75.4 Å². The summed E-state index contributed by atoms with van der Waals surface area (Å²) >= 11 is 1.53. The molecule has 0 fully saturated rings. The number of sulfonamides is 1. The molecular formula is C45H57N5O6S2. The first-order valence-electron chi connectivity index (χ1n) is 19.5. The first-order chi connectivity index (χ1) is 27.3. The highest BCUT2D eigenvalue weighted by Crippen LogP contribution is 2.49. The Hall–Kier alpha value is -4.85. The molecule has 1 heterocycles. The first kappa shape index (κ1) is 44.3. The number of fused-ring (bicyclic) bond motifs is 1. The van der Waals surface area contributed by atoms with E-state index in [0.29, 0.717) is 24.0 Å². The molecule has 4 aromatic rings. The Kier molecular flexibility index (Phi) is 13.7. The SMILES string of the molecule is Cc1c(C)c(S(=O)(=O)NC(=N)NCCC[C@H](N)C(=O)N[C@@H](CSC(c2ccccc2)(c2ccccc2)c2ccccc2)C(=O)OC(C)(C)C)c(C)c2c1OC(C)(C)C2. The average Bonchev–Trinajstić information content (AvgIpc) is 3.51. The summed E-state index contributed by atoms with van der Waals surface area (Å²) in [5.41, 5.74) is 11.0. The Morgan fingerprint density at radius 1 is 0.879 bits per heavy atom. The Morgan fingerprint density at radius 2 is 1.40 bits per heavy atom. The number of rotatable bonds is 15. The molecule has 0 radical (unpaired) electrons. The summed E-state index contributed by atoms with van der Waals surface area (Å²) in [7, 11) is -4.10. The summed E-state index contributed by atoms with van der Waals surface area (Å²) < 4.78 is 40.7. The molecule has 0 aliphatic carbocycles. The van der Waals surface area contributed by atoms with E-state index in [0.717, 1.165) is 33.6 Å². The van der Waals surface area contributed by atoms with Crippen molar-refractivity contribution in [3.05, 3.63) is 130 Å². The molecule has 1 aliphatic rings. The number of hydrogen-bond donors (Lipinski definition) is 5. The average molecular weight is 828 g/mol. The van der Waals surface area contributed by atoms with Gasteiger partial charge in [-0.2, -0.15) is 0 Å². The molecule has 0 bridgehead atoms. The summed E-state index contributed by atoms with van der Waals surface area (Å²) in [4.78, 5) is 27.5. The van der Waals surface area contributed by atoms with Crippen molar-refractivity contribution in [3.8, 4) is 5.75 Å². The number of benzene rings is 4. The zero-order valence-electron chi connectivity index (χ0n) is 34.7. The molecule has 2 atom stereocenters. The number of nitrogens with one attached hydrogen (secondary N) is 4. The first-order valence-corrected chi connectivity index (χ1v) is 22.0. The van der Waals surface area contributed by atoms with Gasteiger partial charge in [-0.15, -0.1) is 11.8 Å². The third-order valence-electron chi connectivity index (χ3n) is 10.1. The highest BCUT2D eigenvalue weighted by atomic mass is 32.2. The number of guanidine groups is 1. The van der Waals surface area contributed by atoms with Gasteiger partial charge in [0.2, 0.25) is 11.9 Å². The minimum atomic E-state index is -4.10. The van der Waals surface area contributed by atoms with Crippen LogP contribution in [0.2, 0.25) is 0 Å². The number of carbonyl (C=O) groups excluding carboxylic acids is 2. The van der Waals surface area contributed by atoms with E-state index in [9.17, 15) is 18.0 Å². The summed E-state index contributed by atoms with van der Waals surface area (Å²) in [6, 6.07) is 28.2. The van der Waals surface area contributed by atoms with Crippen LogP contribution in [0.25, 0.3) is 0 Å². The molecule has 0 saturated carbocycles. The summed E-state index contributed by atoms with van der Waals surface area (Å²) in [5.74, 6) is -0.609. The van der Waals surface area contributed by atoms with E-state index in [-0.39, 0.29) is 23.6 Å². The van der Waals surface area contributed by atoms with Crippen LogP contribution in [0.15, 0.2) is 95.9 Å². The van der Waals surface area contributed by atoms with Gasteiger partial charge in [-0.3, -0.25) is 10.2 Å². The van der Waals surface area contributed by atoms with Crippen LogP contribution in [0.3, 0.4) is 0 Å². The van der Waals surface area contributed by atoms with Gasteiger partial charge in [0.1, 0.15) is 23.0 Å². The van der Waals surface area contributed by atoms with Gasteiger partial charge in [0.15, 0.2) is 0 Å². The Morgan fingerprint density at radius 3 is 1.90 bits per heavy atom. The number of ether oxygens (including phenoxy) is 2. The fraction of sp³-hybridized carbons (Fsp3) is 0.400. The minimum Gasteiger partial charge on any atom is -0.487 e. The van der Waals surface area contributed by atoms with E-state index in [1.54, 1.807) is 34.6 Å². The highest BCUT2D eigenvalue weighted by molar-refractivity contribution is 8.00. The van der Waals surface area contributed by atoms with Crippen molar-refractivity contribution >= 4 is 39.6 Å². The topological polar surface area (TPSA) is 173 Å². The van der Waals surface area contributed by atoms with Gasteiger partial charge in [0, 0.05) is 24.3 Å². The van der Waals surface area contributed by atoms with E-state index in [1.165, 1.54) is 11.8 Å². The van der Waals surface area contributed by atoms with Crippen LogP contribution in [0.5, 0.6) is 5.75 Å². The van der Waals surface area contributed by atoms with Crippen LogP contribution in [0, 0.1) is 26.2 Å². The van der Waals surface area contributed by atoms with Gasteiger partial charge in [-0.25, -0.2) is 17.9 Å². The second kappa shape index (κ2) is 18.0. The molecule has 4 aromatic carbocycles. The number of thioether (sulfide) groups is 1. The number of nitrogens with two attached hydrogens (primary N) is 1. The van der Waals surface area contributed by atoms with Crippen molar-refractivity contribution in [3.63, 3.8) is 0 Å². The molecular weight excluding hydrogens is 771 g/mol. The zero-order valence-corrected chi connectivity index (χ0v) is 36.3. The summed E-state index contributed by atoms with van der Waals surface area (Å²) in [5, 5.41) is 14.1. The second-order valence-corrected chi connectivity index (χ2v) is 19.2. The van der Waals surface area contributed by atoms with Crippen LogP contribution < -0.4 is 25.8 Å². The normalized spacial score (nSPS) is 14.7. The standard InChI is InChI=1S/C45H57N5O6S2/c1-29-30(2)39(31(3)35-27-44(7,8)55-38(29)35)58(53,54)50-42(47)48-26-18-25-36(46)40(51)49-37(41(52)56-43(4,5)6)28-57-45(32-19-12-9-13-20-32,33-21-14-10-15-22-33)34-23-16-11-17-24-34/h9-17,19-24,36-37H,18,25-28,46H2,1-8H3,(H,49,51)(H3,47,48,50)/t36-,37-/m0/s1. The number of amides is 1. The van der Waals surface area contributed by atoms with Gasteiger partial charge in [-0.05, 0) is 102 Å². The molecule has 5 rings (SSSR count). The van der Waals surface area contributed by atoms with E-state index < -0.39 is 55.9 Å². The Labute approximate surface area is 347 Å². The lowest BCUT2D eigenvalue weighted by molar-refractivity contribution is -0.158. The molecule has 0 spiro atoms. The fourth-order valence-corrected chi connectivity index (χ4v) is 10.4. The van der Waals surface area contributed by atoms with Crippen molar-refractivity contribution in [2.45, 2.75) is 108 Å². The monoisotopic (exact) mass is 827 g/mol. The molecule has 1 amide bonds. The molecule has 310 valence electrons. The van der Waals surface area contributed by atoms with Crippen molar-refractivity contribution in [2.75, 3.05) is 12.3 Å². The quantitative estimate of drug-likeness (QED) is 0.0285. The lowest BCUT2D eigenvalue weighted by Gasteiger charge is -2.36. The summed E-state index contributed by atoms with van der Waals surface area (Å²) in [6.07, 6.45) is 1.12. The lowest BCUT2D eigenvalue weighted by atomic mass is 9.84. The predicted molar refractivity (Wildman–Crippen MR) is 232 cm³/mol. The van der Waals surface area contributed by atoms with Gasteiger partial charge < -0.3 is 25.8 Å². The maximum atomic E-state index is 13.8. The van der Waals surface area contributed by atoms with E-state index >= 15 is 0 Å². The van der Waals surface area contributed by atoms with Gasteiger partial charge in [-0.1, -0.05) is 91.0 Å². The number of hydrogen-bond acceptors (Lipinski definition) is 9.